The number of pyridine rings is 1. The molecule has 1 fully saturated rings. The molecule has 0 aliphatic carbocycles. The minimum atomic E-state index is -0.767. The molecule has 2 heterocycles. The summed E-state index contributed by atoms with van der Waals surface area (Å²) in [6.07, 6.45) is 3.28. The highest BCUT2D eigenvalue weighted by molar-refractivity contribution is 6.31. The predicted molar refractivity (Wildman–Crippen MR) is 74.8 cm³/mol. The van der Waals surface area contributed by atoms with Crippen molar-refractivity contribution in [3.8, 4) is 0 Å². The number of aromatic nitrogens is 1. The number of carboxylic acids is 1. The number of halogens is 1. The fourth-order valence-electron chi connectivity index (χ4n) is 2.67. The Kier molecular flexibility index (Phi) is 3.03. The first-order valence-electron chi connectivity index (χ1n) is 6.20. The first kappa shape index (κ1) is 12.2. The molecule has 98 valence electrons. The van der Waals surface area contributed by atoms with Crippen LogP contribution in [0.15, 0.2) is 30.5 Å². The summed E-state index contributed by atoms with van der Waals surface area (Å²) in [7, 11) is 0. The van der Waals surface area contributed by atoms with Gasteiger partial charge < -0.3 is 10.0 Å². The Morgan fingerprint density at radius 2 is 2.26 bits per heavy atom. The highest BCUT2D eigenvalue weighted by Gasteiger charge is 2.31. The summed E-state index contributed by atoms with van der Waals surface area (Å²) in [6, 6.07) is 6.93. The zero-order valence-electron chi connectivity index (χ0n) is 10.2. The van der Waals surface area contributed by atoms with Crippen LogP contribution in [0.3, 0.4) is 0 Å². The number of carboxylic acid groups (broad SMARTS) is 1. The van der Waals surface area contributed by atoms with Crippen molar-refractivity contribution < 1.29 is 9.90 Å². The number of hydrogen-bond donors (Lipinski definition) is 1. The smallest absolute Gasteiger partial charge is 0.326 e. The first-order chi connectivity index (χ1) is 9.16. The van der Waals surface area contributed by atoms with Crippen LogP contribution in [-0.4, -0.2) is 28.6 Å². The predicted octanol–water partition coefficient (Wildman–Crippen LogP) is 2.94. The average Bonchev–Trinajstić information content (AvgIpc) is 2.86. The van der Waals surface area contributed by atoms with Crippen LogP contribution in [0.25, 0.3) is 10.9 Å². The molecule has 5 heteroatoms. The molecule has 1 aliphatic heterocycles. The second-order valence-electron chi connectivity index (χ2n) is 4.68. The Balaban J connectivity index is 2.12. The fourth-order valence-corrected chi connectivity index (χ4v) is 2.83. The molecule has 0 amide bonds. The van der Waals surface area contributed by atoms with Gasteiger partial charge in [0.15, 0.2) is 0 Å². The van der Waals surface area contributed by atoms with Crippen molar-refractivity contribution in [3.05, 3.63) is 35.5 Å². The number of nitrogens with zero attached hydrogens (tertiary/aromatic N) is 2. The van der Waals surface area contributed by atoms with Crippen LogP contribution in [0.2, 0.25) is 5.02 Å². The summed E-state index contributed by atoms with van der Waals surface area (Å²) in [4.78, 5) is 17.5. The second-order valence-corrected chi connectivity index (χ2v) is 5.12. The maximum atomic E-state index is 11.3. The molecule has 0 radical (unpaired) electrons. The van der Waals surface area contributed by atoms with Crippen molar-refractivity contribution in [1.82, 2.24) is 4.98 Å². The van der Waals surface area contributed by atoms with E-state index in [0.29, 0.717) is 11.4 Å². The van der Waals surface area contributed by atoms with E-state index >= 15 is 0 Å². The van der Waals surface area contributed by atoms with Gasteiger partial charge in [-0.3, -0.25) is 4.98 Å². The van der Waals surface area contributed by atoms with Gasteiger partial charge in [0, 0.05) is 28.8 Å². The molecule has 1 saturated heterocycles. The summed E-state index contributed by atoms with van der Waals surface area (Å²) in [5.74, 6) is -0.767. The van der Waals surface area contributed by atoms with Gasteiger partial charge in [0.25, 0.3) is 0 Å². The highest BCUT2D eigenvalue weighted by Crippen LogP contribution is 2.32. The molecule has 1 aromatic carbocycles. The van der Waals surface area contributed by atoms with Crippen molar-refractivity contribution in [3.63, 3.8) is 0 Å². The van der Waals surface area contributed by atoms with E-state index in [9.17, 15) is 9.90 Å². The van der Waals surface area contributed by atoms with Gasteiger partial charge in [-0.2, -0.15) is 0 Å². The van der Waals surface area contributed by atoms with Gasteiger partial charge in [0.1, 0.15) is 6.04 Å². The van der Waals surface area contributed by atoms with Crippen molar-refractivity contribution in [2.24, 2.45) is 0 Å². The third-order valence-corrected chi connectivity index (χ3v) is 3.76. The monoisotopic (exact) mass is 276 g/mol. The number of rotatable bonds is 2. The van der Waals surface area contributed by atoms with Crippen molar-refractivity contribution in [2.75, 3.05) is 11.4 Å². The lowest BCUT2D eigenvalue weighted by Gasteiger charge is -2.24. The maximum Gasteiger partial charge on any atom is 0.326 e. The summed E-state index contributed by atoms with van der Waals surface area (Å²) in [5.41, 5.74) is 1.72. The second kappa shape index (κ2) is 4.70. The third kappa shape index (κ3) is 2.12. The van der Waals surface area contributed by atoms with Gasteiger partial charge in [-0.1, -0.05) is 11.6 Å². The molecule has 0 bridgehead atoms. The van der Waals surface area contributed by atoms with Crippen molar-refractivity contribution in [2.45, 2.75) is 18.9 Å². The molecule has 3 rings (SSSR count). The Morgan fingerprint density at radius 1 is 1.42 bits per heavy atom. The van der Waals surface area contributed by atoms with E-state index in [1.54, 1.807) is 18.3 Å². The molecule has 0 spiro atoms. The minimum Gasteiger partial charge on any atom is -0.480 e. The van der Waals surface area contributed by atoms with E-state index in [-0.39, 0.29) is 0 Å². The van der Waals surface area contributed by atoms with E-state index in [0.717, 1.165) is 29.6 Å². The largest absolute Gasteiger partial charge is 0.480 e. The van der Waals surface area contributed by atoms with Crippen LogP contribution in [0, 0.1) is 0 Å². The van der Waals surface area contributed by atoms with Crippen LogP contribution < -0.4 is 4.90 Å². The van der Waals surface area contributed by atoms with Crippen LogP contribution in [0.4, 0.5) is 5.69 Å². The quantitative estimate of drug-likeness (QED) is 0.916. The van der Waals surface area contributed by atoms with Gasteiger partial charge >= 0.3 is 5.97 Å². The van der Waals surface area contributed by atoms with E-state index in [2.05, 4.69) is 4.98 Å². The molecule has 2 aromatic rings. The summed E-state index contributed by atoms with van der Waals surface area (Å²) in [6.45, 7) is 0.763. The number of hydrogen-bond acceptors (Lipinski definition) is 3. The van der Waals surface area contributed by atoms with E-state index in [1.807, 2.05) is 17.0 Å². The Hall–Kier alpha value is -1.81. The normalized spacial score (nSPS) is 19.0. The van der Waals surface area contributed by atoms with Gasteiger partial charge in [-0.05, 0) is 37.1 Å². The van der Waals surface area contributed by atoms with Gasteiger partial charge in [-0.15, -0.1) is 0 Å². The summed E-state index contributed by atoms with van der Waals surface area (Å²) in [5, 5.41) is 10.9. The van der Waals surface area contributed by atoms with Gasteiger partial charge in [0.2, 0.25) is 0 Å². The Labute approximate surface area is 115 Å². The minimum absolute atomic E-state index is 0.443. The molecule has 1 aromatic heterocycles. The standard InChI is InChI=1S/C14H13ClN2O2/c15-9-3-4-10-11(8-9)16-6-5-12(10)17-7-1-2-13(17)14(18)19/h3-6,8,13H,1-2,7H2,(H,18,19)/t13-/m0/s1. The molecule has 1 atom stereocenters. The van der Waals surface area contributed by atoms with E-state index in [1.165, 1.54) is 0 Å². The lowest BCUT2D eigenvalue weighted by atomic mass is 10.1. The fraction of sp³-hybridized carbons (Fsp3) is 0.286. The molecule has 1 N–H and O–H groups in total. The number of carbonyl (C=O) groups is 1. The molecular weight excluding hydrogens is 264 g/mol. The molecule has 19 heavy (non-hydrogen) atoms. The summed E-state index contributed by atoms with van der Waals surface area (Å²) >= 11 is 5.96. The topological polar surface area (TPSA) is 53.4 Å². The van der Waals surface area contributed by atoms with Gasteiger partial charge in [-0.25, -0.2) is 4.79 Å². The number of fused-ring (bicyclic) bond motifs is 1. The maximum absolute atomic E-state index is 11.3. The lowest BCUT2D eigenvalue weighted by molar-refractivity contribution is -0.138. The SMILES string of the molecule is O=C(O)[C@@H]1CCCN1c1ccnc2cc(Cl)ccc12. The Morgan fingerprint density at radius 3 is 3.05 bits per heavy atom. The zero-order chi connectivity index (χ0) is 13.4. The van der Waals surface area contributed by atoms with E-state index < -0.39 is 12.0 Å². The third-order valence-electron chi connectivity index (χ3n) is 3.53. The molecule has 0 saturated carbocycles. The van der Waals surface area contributed by atoms with Crippen LogP contribution in [0.5, 0.6) is 0 Å². The highest BCUT2D eigenvalue weighted by atomic mass is 35.5. The lowest BCUT2D eigenvalue weighted by Crippen LogP contribution is -2.36. The number of aliphatic carboxylic acids is 1. The average molecular weight is 277 g/mol. The van der Waals surface area contributed by atoms with Crippen molar-refractivity contribution in [1.29, 1.82) is 0 Å². The van der Waals surface area contributed by atoms with Crippen LogP contribution in [0.1, 0.15) is 12.8 Å². The molecule has 0 unspecified atom stereocenters. The summed E-state index contributed by atoms with van der Waals surface area (Å²) < 4.78 is 0. The molecule has 4 nitrogen and oxygen atoms in total. The molecule has 1 aliphatic rings. The first-order valence-corrected chi connectivity index (χ1v) is 6.58. The number of anilines is 1. The number of benzene rings is 1. The van der Waals surface area contributed by atoms with Crippen LogP contribution in [-0.2, 0) is 4.79 Å². The van der Waals surface area contributed by atoms with Crippen LogP contribution >= 0.6 is 11.6 Å². The van der Waals surface area contributed by atoms with Crippen molar-refractivity contribution >= 4 is 34.2 Å². The van der Waals surface area contributed by atoms with Gasteiger partial charge in [0.05, 0.1) is 5.52 Å². The Bertz CT molecular complexity index is 644. The molecular formula is C14H13ClN2O2. The van der Waals surface area contributed by atoms with E-state index in [4.69, 9.17) is 11.6 Å². The zero-order valence-corrected chi connectivity index (χ0v) is 11.0.